The molecule has 0 aromatic rings. The number of hydrogen-bond donors (Lipinski definition) is 0. The minimum atomic E-state index is -0.466. The van der Waals surface area contributed by atoms with Crippen molar-refractivity contribution in [2.24, 2.45) is 10.8 Å². The Bertz CT molecular complexity index is 430. The number of esters is 1. The van der Waals surface area contributed by atoms with E-state index < -0.39 is 17.7 Å². The van der Waals surface area contributed by atoms with Crippen molar-refractivity contribution in [3.63, 3.8) is 0 Å². The average Bonchev–Trinajstić information content (AvgIpc) is 2.52. The normalized spacial score (nSPS) is 25.3. The molecule has 0 unspecified atom stereocenters. The fourth-order valence-electron chi connectivity index (χ4n) is 2.32. The molecule has 1 heterocycles. The summed E-state index contributed by atoms with van der Waals surface area (Å²) in [5, 5.41) is 0. The van der Waals surface area contributed by atoms with Gasteiger partial charge in [0.2, 0.25) is 0 Å². The summed E-state index contributed by atoms with van der Waals surface area (Å²) in [6.45, 7) is 13.8. The largest absolute Gasteiger partial charge is 0.462 e. The molecule has 0 radical (unpaired) electrons. The third kappa shape index (κ3) is 4.78. The van der Waals surface area contributed by atoms with E-state index in [4.69, 9.17) is 14.2 Å². The van der Waals surface area contributed by atoms with Gasteiger partial charge in [0.1, 0.15) is 6.61 Å². The molecular weight excluding hydrogens is 284 g/mol. The topological polar surface area (TPSA) is 61.8 Å². The quantitative estimate of drug-likeness (QED) is 0.509. The zero-order valence-corrected chi connectivity index (χ0v) is 13.7. The Morgan fingerprint density at radius 3 is 2.32 bits per heavy atom. The number of hydrogen-bond acceptors (Lipinski definition) is 5. The number of carbonyl (C=O) groups is 2. The van der Waals surface area contributed by atoms with Gasteiger partial charge in [-0.15, -0.1) is 0 Å². The van der Waals surface area contributed by atoms with E-state index in [-0.39, 0.29) is 17.8 Å². The molecule has 0 N–H and O–H groups in total. The minimum Gasteiger partial charge on any atom is -0.462 e. The molecule has 124 valence electrons. The molecule has 1 aliphatic heterocycles. The van der Waals surface area contributed by atoms with Crippen molar-refractivity contribution >= 4 is 11.8 Å². The molecule has 0 saturated carbocycles. The Morgan fingerprint density at radius 1 is 1.27 bits per heavy atom. The summed E-state index contributed by atoms with van der Waals surface area (Å²) in [5.74, 6) is -0.490. The Morgan fingerprint density at radius 2 is 1.86 bits per heavy atom. The standard InChI is InChI=1S/C17H26O5/c1-6-13(18)9-16(4,5)15-21-11-17(8-3,12-22-15)10-20-14(19)7-2/h6-7,15H,1-2,8-12H2,3-5H3. The van der Waals surface area contributed by atoms with Gasteiger partial charge in [0.05, 0.1) is 18.6 Å². The lowest BCUT2D eigenvalue weighted by atomic mass is 9.83. The van der Waals surface area contributed by atoms with E-state index in [1.807, 2.05) is 20.8 Å². The molecular formula is C17H26O5. The zero-order valence-electron chi connectivity index (χ0n) is 13.7. The molecule has 0 amide bonds. The van der Waals surface area contributed by atoms with Gasteiger partial charge >= 0.3 is 5.97 Å². The van der Waals surface area contributed by atoms with E-state index in [1.54, 1.807) is 0 Å². The monoisotopic (exact) mass is 310 g/mol. The van der Waals surface area contributed by atoms with Crippen molar-refractivity contribution < 1.29 is 23.8 Å². The summed E-state index contributed by atoms with van der Waals surface area (Å²) in [6.07, 6.45) is 3.06. The van der Waals surface area contributed by atoms with Crippen LogP contribution < -0.4 is 0 Å². The first-order chi connectivity index (χ1) is 10.3. The maximum Gasteiger partial charge on any atom is 0.330 e. The maximum atomic E-state index is 11.6. The second-order valence-corrected chi connectivity index (χ2v) is 6.46. The minimum absolute atomic E-state index is 0.0376. The lowest BCUT2D eigenvalue weighted by molar-refractivity contribution is -0.275. The number of rotatable bonds is 8. The third-order valence-corrected chi connectivity index (χ3v) is 4.01. The second-order valence-electron chi connectivity index (χ2n) is 6.46. The summed E-state index contributed by atoms with van der Waals surface area (Å²) in [7, 11) is 0. The van der Waals surface area contributed by atoms with Gasteiger partial charge in [0.15, 0.2) is 12.1 Å². The van der Waals surface area contributed by atoms with Gasteiger partial charge in [-0.25, -0.2) is 4.79 Å². The average molecular weight is 310 g/mol. The van der Waals surface area contributed by atoms with E-state index in [1.165, 1.54) is 6.08 Å². The van der Waals surface area contributed by atoms with E-state index in [0.29, 0.717) is 19.6 Å². The van der Waals surface area contributed by atoms with Crippen LogP contribution in [0.5, 0.6) is 0 Å². The highest BCUT2D eigenvalue weighted by Crippen LogP contribution is 2.37. The van der Waals surface area contributed by atoms with Crippen LogP contribution in [-0.4, -0.2) is 37.9 Å². The summed E-state index contributed by atoms with van der Waals surface area (Å²) in [4.78, 5) is 22.8. The zero-order chi connectivity index (χ0) is 16.8. The SMILES string of the molecule is C=CC(=O)CC(C)(C)C1OCC(CC)(COC(=O)C=C)CO1. The Kier molecular flexibility index (Phi) is 6.50. The van der Waals surface area contributed by atoms with Crippen LogP contribution in [0, 0.1) is 10.8 Å². The highest BCUT2D eigenvalue weighted by molar-refractivity contribution is 5.89. The van der Waals surface area contributed by atoms with Gasteiger partial charge in [0, 0.05) is 17.9 Å². The number of ketones is 1. The van der Waals surface area contributed by atoms with Gasteiger partial charge in [0.25, 0.3) is 0 Å². The Hall–Kier alpha value is -1.46. The molecule has 5 heteroatoms. The molecule has 0 aliphatic carbocycles. The number of ether oxygens (including phenoxy) is 3. The first-order valence-corrected chi connectivity index (χ1v) is 7.46. The van der Waals surface area contributed by atoms with Crippen LogP contribution >= 0.6 is 0 Å². The van der Waals surface area contributed by atoms with Crippen LogP contribution in [-0.2, 0) is 23.8 Å². The number of allylic oxidation sites excluding steroid dienone is 1. The molecule has 1 rings (SSSR count). The highest BCUT2D eigenvalue weighted by Gasteiger charge is 2.42. The highest BCUT2D eigenvalue weighted by atomic mass is 16.7. The predicted octanol–water partition coefficient (Wildman–Crippen LogP) is 2.66. The Labute approximate surface area is 132 Å². The molecule has 5 nitrogen and oxygen atoms in total. The van der Waals surface area contributed by atoms with Gasteiger partial charge in [-0.2, -0.15) is 0 Å². The maximum absolute atomic E-state index is 11.6. The molecule has 0 aromatic heterocycles. The fraction of sp³-hybridized carbons (Fsp3) is 0.647. The van der Waals surface area contributed by atoms with E-state index in [0.717, 1.165) is 12.5 Å². The van der Waals surface area contributed by atoms with Gasteiger partial charge in [-0.3, -0.25) is 4.79 Å². The van der Waals surface area contributed by atoms with Crippen molar-refractivity contribution in [1.29, 1.82) is 0 Å². The van der Waals surface area contributed by atoms with Crippen LogP contribution in [0.2, 0.25) is 0 Å². The predicted molar refractivity (Wildman–Crippen MR) is 83.2 cm³/mol. The molecule has 0 aromatic carbocycles. The van der Waals surface area contributed by atoms with Crippen molar-refractivity contribution in [2.45, 2.75) is 39.9 Å². The first kappa shape index (κ1) is 18.6. The lowest BCUT2D eigenvalue weighted by Gasteiger charge is -2.43. The van der Waals surface area contributed by atoms with Crippen LogP contribution in [0.3, 0.4) is 0 Å². The molecule has 1 aliphatic rings. The Balaban J connectivity index is 2.62. The molecule has 0 atom stereocenters. The van der Waals surface area contributed by atoms with E-state index in [9.17, 15) is 9.59 Å². The van der Waals surface area contributed by atoms with Crippen molar-refractivity contribution in [1.82, 2.24) is 0 Å². The van der Waals surface area contributed by atoms with Crippen molar-refractivity contribution in [2.75, 3.05) is 19.8 Å². The summed E-state index contributed by atoms with van der Waals surface area (Å²) < 4.78 is 16.8. The summed E-state index contributed by atoms with van der Waals surface area (Å²) >= 11 is 0. The van der Waals surface area contributed by atoms with Crippen LogP contribution in [0.4, 0.5) is 0 Å². The van der Waals surface area contributed by atoms with Crippen LogP contribution in [0.25, 0.3) is 0 Å². The fourth-order valence-corrected chi connectivity index (χ4v) is 2.32. The summed E-state index contributed by atoms with van der Waals surface area (Å²) in [6, 6.07) is 0. The molecule has 22 heavy (non-hydrogen) atoms. The number of carbonyl (C=O) groups excluding carboxylic acids is 2. The second kappa shape index (κ2) is 7.70. The van der Waals surface area contributed by atoms with E-state index in [2.05, 4.69) is 13.2 Å². The molecule has 0 bridgehead atoms. The van der Waals surface area contributed by atoms with E-state index >= 15 is 0 Å². The van der Waals surface area contributed by atoms with Crippen molar-refractivity contribution in [3.8, 4) is 0 Å². The van der Waals surface area contributed by atoms with Crippen LogP contribution in [0.1, 0.15) is 33.6 Å². The summed E-state index contributed by atoms with van der Waals surface area (Å²) in [5.41, 5.74) is -0.795. The molecule has 1 saturated heterocycles. The van der Waals surface area contributed by atoms with Gasteiger partial charge in [-0.05, 0) is 12.5 Å². The van der Waals surface area contributed by atoms with Crippen molar-refractivity contribution in [3.05, 3.63) is 25.3 Å². The molecule has 1 fully saturated rings. The lowest BCUT2D eigenvalue weighted by Crippen LogP contribution is -2.49. The smallest absolute Gasteiger partial charge is 0.330 e. The molecule has 0 spiro atoms. The van der Waals surface area contributed by atoms with Gasteiger partial charge in [-0.1, -0.05) is 33.9 Å². The first-order valence-electron chi connectivity index (χ1n) is 7.46. The van der Waals surface area contributed by atoms with Crippen LogP contribution in [0.15, 0.2) is 25.3 Å². The third-order valence-electron chi connectivity index (χ3n) is 4.01. The van der Waals surface area contributed by atoms with Gasteiger partial charge < -0.3 is 14.2 Å².